The Kier molecular flexibility index (Phi) is 5.21. The molecular formula is C17H20N2O2. The molecule has 4 nitrogen and oxygen atoms in total. The van der Waals surface area contributed by atoms with Crippen LogP contribution >= 0.6 is 0 Å². The standard InChI is InChI=1S/C17H20N2O2/c1-3-5-13-8-10-14(11-9-13)18-17(20)19-15-6-4-7-16(12-15)21-2/h4,6-12H,3,5H2,1-2H3,(H2,18,19,20). The number of benzene rings is 2. The molecule has 0 saturated carbocycles. The molecule has 2 aromatic carbocycles. The molecule has 2 aromatic rings. The summed E-state index contributed by atoms with van der Waals surface area (Å²) in [6.07, 6.45) is 2.17. The minimum Gasteiger partial charge on any atom is -0.497 e. The molecule has 110 valence electrons. The van der Waals surface area contributed by atoms with Crippen LogP contribution in [-0.2, 0) is 6.42 Å². The van der Waals surface area contributed by atoms with Crippen LogP contribution in [0.2, 0.25) is 0 Å². The summed E-state index contributed by atoms with van der Waals surface area (Å²) in [6.45, 7) is 2.15. The molecular weight excluding hydrogens is 264 g/mol. The molecule has 0 aliphatic carbocycles. The number of methoxy groups -OCH3 is 1. The van der Waals surface area contributed by atoms with Gasteiger partial charge >= 0.3 is 6.03 Å². The lowest BCUT2D eigenvalue weighted by Gasteiger charge is -2.09. The highest BCUT2D eigenvalue weighted by molar-refractivity contribution is 5.99. The van der Waals surface area contributed by atoms with Gasteiger partial charge in [0.25, 0.3) is 0 Å². The SMILES string of the molecule is CCCc1ccc(NC(=O)Nc2cccc(OC)c2)cc1. The van der Waals surface area contributed by atoms with Crippen LogP contribution in [0, 0.1) is 0 Å². The van der Waals surface area contributed by atoms with Crippen LogP contribution < -0.4 is 15.4 Å². The van der Waals surface area contributed by atoms with Gasteiger partial charge in [0.15, 0.2) is 0 Å². The molecule has 0 aliphatic heterocycles. The van der Waals surface area contributed by atoms with Crippen molar-refractivity contribution in [1.29, 1.82) is 0 Å². The van der Waals surface area contributed by atoms with Gasteiger partial charge in [0, 0.05) is 17.4 Å². The van der Waals surface area contributed by atoms with Gasteiger partial charge in [-0.25, -0.2) is 4.79 Å². The molecule has 2 amide bonds. The fourth-order valence-electron chi connectivity index (χ4n) is 2.04. The number of nitrogens with one attached hydrogen (secondary N) is 2. The second-order valence-electron chi connectivity index (χ2n) is 4.76. The van der Waals surface area contributed by atoms with Crippen molar-refractivity contribution in [3.8, 4) is 5.75 Å². The number of carbonyl (C=O) groups is 1. The summed E-state index contributed by atoms with van der Waals surface area (Å²) in [4.78, 5) is 11.9. The van der Waals surface area contributed by atoms with E-state index in [0.717, 1.165) is 18.5 Å². The van der Waals surface area contributed by atoms with E-state index in [2.05, 4.69) is 17.6 Å². The molecule has 21 heavy (non-hydrogen) atoms. The van der Waals surface area contributed by atoms with Gasteiger partial charge in [-0.3, -0.25) is 0 Å². The predicted molar refractivity (Wildman–Crippen MR) is 86.1 cm³/mol. The summed E-state index contributed by atoms with van der Waals surface area (Å²) in [6, 6.07) is 14.9. The van der Waals surface area contributed by atoms with Gasteiger partial charge < -0.3 is 15.4 Å². The second kappa shape index (κ2) is 7.33. The maximum Gasteiger partial charge on any atom is 0.323 e. The summed E-state index contributed by atoms with van der Waals surface area (Å²) in [7, 11) is 1.59. The van der Waals surface area contributed by atoms with Crippen molar-refractivity contribution in [2.45, 2.75) is 19.8 Å². The third kappa shape index (κ3) is 4.53. The Balaban J connectivity index is 1.94. The van der Waals surface area contributed by atoms with Crippen LogP contribution in [-0.4, -0.2) is 13.1 Å². The Morgan fingerprint density at radius 2 is 1.76 bits per heavy atom. The normalized spacial score (nSPS) is 10.0. The van der Waals surface area contributed by atoms with Gasteiger partial charge in [-0.1, -0.05) is 31.5 Å². The minimum absolute atomic E-state index is 0.272. The summed E-state index contributed by atoms with van der Waals surface area (Å²) in [5.74, 6) is 0.705. The zero-order valence-corrected chi connectivity index (χ0v) is 12.3. The molecule has 0 unspecified atom stereocenters. The van der Waals surface area contributed by atoms with E-state index in [1.807, 2.05) is 42.5 Å². The first-order chi connectivity index (χ1) is 10.2. The first-order valence-corrected chi connectivity index (χ1v) is 7.02. The van der Waals surface area contributed by atoms with Gasteiger partial charge in [0.05, 0.1) is 7.11 Å². The summed E-state index contributed by atoms with van der Waals surface area (Å²) in [5.41, 5.74) is 2.74. The van der Waals surface area contributed by atoms with Gasteiger partial charge in [-0.05, 0) is 36.2 Å². The van der Waals surface area contributed by atoms with Gasteiger partial charge in [-0.15, -0.1) is 0 Å². The minimum atomic E-state index is -0.272. The van der Waals surface area contributed by atoms with Crippen LogP contribution in [0.25, 0.3) is 0 Å². The van der Waals surface area contributed by atoms with E-state index >= 15 is 0 Å². The molecule has 0 aromatic heterocycles. The highest BCUT2D eigenvalue weighted by Gasteiger charge is 2.03. The van der Waals surface area contributed by atoms with Crippen molar-refractivity contribution in [3.63, 3.8) is 0 Å². The molecule has 0 fully saturated rings. The van der Waals surface area contributed by atoms with Crippen molar-refractivity contribution in [2.24, 2.45) is 0 Å². The number of aryl methyl sites for hydroxylation is 1. The Morgan fingerprint density at radius 3 is 2.43 bits per heavy atom. The van der Waals surface area contributed by atoms with E-state index in [4.69, 9.17) is 4.74 Å². The van der Waals surface area contributed by atoms with E-state index < -0.39 is 0 Å². The molecule has 0 radical (unpaired) electrons. The Bertz CT molecular complexity index is 594. The fourth-order valence-corrected chi connectivity index (χ4v) is 2.04. The highest BCUT2D eigenvalue weighted by atomic mass is 16.5. The average Bonchev–Trinajstić information content (AvgIpc) is 2.49. The Labute approximate surface area is 125 Å². The summed E-state index contributed by atoms with van der Waals surface area (Å²) in [5, 5.41) is 5.58. The first-order valence-electron chi connectivity index (χ1n) is 7.02. The lowest BCUT2D eigenvalue weighted by molar-refractivity contribution is 0.262. The molecule has 2 N–H and O–H groups in total. The Morgan fingerprint density at radius 1 is 1.05 bits per heavy atom. The number of ether oxygens (including phenoxy) is 1. The molecule has 4 heteroatoms. The average molecular weight is 284 g/mol. The Hall–Kier alpha value is -2.49. The van der Waals surface area contributed by atoms with Crippen molar-refractivity contribution in [2.75, 3.05) is 17.7 Å². The maximum atomic E-state index is 11.9. The third-order valence-electron chi connectivity index (χ3n) is 3.08. The van der Waals surface area contributed by atoms with Crippen molar-refractivity contribution in [1.82, 2.24) is 0 Å². The number of hydrogen-bond donors (Lipinski definition) is 2. The third-order valence-corrected chi connectivity index (χ3v) is 3.08. The fraction of sp³-hybridized carbons (Fsp3) is 0.235. The lowest BCUT2D eigenvalue weighted by atomic mass is 10.1. The number of urea groups is 1. The molecule has 0 atom stereocenters. The number of amides is 2. The summed E-state index contributed by atoms with van der Waals surface area (Å²) < 4.78 is 5.12. The molecule has 0 saturated heterocycles. The smallest absolute Gasteiger partial charge is 0.323 e. The van der Waals surface area contributed by atoms with Crippen LogP contribution in [0.4, 0.5) is 16.2 Å². The van der Waals surface area contributed by atoms with Crippen LogP contribution in [0.15, 0.2) is 48.5 Å². The zero-order chi connectivity index (χ0) is 15.1. The van der Waals surface area contributed by atoms with Crippen LogP contribution in [0.5, 0.6) is 5.75 Å². The molecule has 2 rings (SSSR count). The van der Waals surface area contributed by atoms with Crippen molar-refractivity contribution >= 4 is 17.4 Å². The van der Waals surface area contributed by atoms with Crippen LogP contribution in [0.1, 0.15) is 18.9 Å². The van der Waals surface area contributed by atoms with E-state index in [1.54, 1.807) is 13.2 Å². The van der Waals surface area contributed by atoms with Crippen molar-refractivity contribution < 1.29 is 9.53 Å². The number of hydrogen-bond acceptors (Lipinski definition) is 2. The van der Waals surface area contributed by atoms with Gasteiger partial charge in [-0.2, -0.15) is 0 Å². The molecule has 0 spiro atoms. The van der Waals surface area contributed by atoms with E-state index in [1.165, 1.54) is 5.56 Å². The monoisotopic (exact) mass is 284 g/mol. The highest BCUT2D eigenvalue weighted by Crippen LogP contribution is 2.17. The van der Waals surface area contributed by atoms with E-state index in [9.17, 15) is 4.79 Å². The lowest BCUT2D eigenvalue weighted by Crippen LogP contribution is -2.19. The predicted octanol–water partition coefficient (Wildman–Crippen LogP) is 4.29. The largest absolute Gasteiger partial charge is 0.497 e. The molecule has 0 heterocycles. The zero-order valence-electron chi connectivity index (χ0n) is 12.3. The quantitative estimate of drug-likeness (QED) is 0.860. The number of rotatable bonds is 5. The topological polar surface area (TPSA) is 50.4 Å². The van der Waals surface area contributed by atoms with Crippen LogP contribution in [0.3, 0.4) is 0 Å². The second-order valence-corrected chi connectivity index (χ2v) is 4.76. The van der Waals surface area contributed by atoms with Gasteiger partial charge in [0.1, 0.15) is 5.75 Å². The van der Waals surface area contributed by atoms with Crippen molar-refractivity contribution in [3.05, 3.63) is 54.1 Å². The molecule has 0 bridgehead atoms. The van der Waals surface area contributed by atoms with Gasteiger partial charge in [0.2, 0.25) is 0 Å². The molecule has 0 aliphatic rings. The first kappa shape index (κ1) is 14.9. The number of anilines is 2. The van der Waals surface area contributed by atoms with E-state index in [-0.39, 0.29) is 6.03 Å². The maximum absolute atomic E-state index is 11.9. The summed E-state index contributed by atoms with van der Waals surface area (Å²) >= 11 is 0. The number of carbonyl (C=O) groups excluding carboxylic acids is 1. The van der Waals surface area contributed by atoms with E-state index in [0.29, 0.717) is 11.4 Å².